The van der Waals surface area contributed by atoms with Gasteiger partial charge >= 0.3 is 0 Å². The number of benzene rings is 1. The molecule has 5 nitrogen and oxygen atoms in total. The second-order valence-electron chi connectivity index (χ2n) is 5.80. The van der Waals surface area contributed by atoms with Gasteiger partial charge in [0.15, 0.2) is 0 Å². The van der Waals surface area contributed by atoms with Crippen LogP contribution < -0.4 is 5.32 Å². The average Bonchev–Trinajstić information content (AvgIpc) is 2.97. The van der Waals surface area contributed by atoms with Crippen molar-refractivity contribution < 1.29 is 9.59 Å². The summed E-state index contributed by atoms with van der Waals surface area (Å²) in [6.07, 6.45) is 0.643. The third kappa shape index (κ3) is 4.21. The maximum Gasteiger partial charge on any atom is 0.235 e. The van der Waals surface area contributed by atoms with Crippen LogP contribution in [0.25, 0.3) is 0 Å². The first-order valence-corrected chi connectivity index (χ1v) is 10.1. The lowest BCUT2D eigenvalue weighted by atomic mass is 10.0. The van der Waals surface area contributed by atoms with Crippen LogP contribution in [0, 0.1) is 11.3 Å². The first-order valence-electron chi connectivity index (χ1n) is 7.96. The fraction of sp³-hybridized carbons (Fsp3) is 0.278. The third-order valence-electron chi connectivity index (χ3n) is 4.05. The van der Waals surface area contributed by atoms with Crippen molar-refractivity contribution in [2.75, 3.05) is 17.6 Å². The van der Waals surface area contributed by atoms with Gasteiger partial charge in [0.2, 0.25) is 11.8 Å². The van der Waals surface area contributed by atoms with E-state index in [1.165, 1.54) is 23.1 Å². The molecule has 2 amide bonds. The SMILES string of the molecule is CC(=O)N1CCc2c(sc(NC(=O)CSc3ccc(Cl)cc3)c2C#N)C1. The van der Waals surface area contributed by atoms with Crippen LogP contribution in [0.15, 0.2) is 29.2 Å². The Kier molecular flexibility index (Phi) is 5.87. The lowest BCUT2D eigenvalue weighted by molar-refractivity contribution is -0.129. The van der Waals surface area contributed by atoms with Crippen LogP contribution in [0.5, 0.6) is 0 Å². The fourth-order valence-corrected chi connectivity index (χ4v) is 4.78. The molecule has 0 unspecified atom stereocenters. The summed E-state index contributed by atoms with van der Waals surface area (Å²) < 4.78 is 0. The molecule has 8 heteroatoms. The number of carbonyl (C=O) groups excluding carboxylic acids is 2. The standard InChI is InChI=1S/C18H16ClN3O2S2/c1-11(23)22-7-6-14-15(8-20)18(26-16(14)9-22)21-17(24)10-25-13-4-2-12(19)3-5-13/h2-5H,6-7,9-10H2,1H3,(H,21,24). The van der Waals surface area contributed by atoms with Crippen molar-refractivity contribution >= 4 is 51.5 Å². The van der Waals surface area contributed by atoms with Crippen LogP contribution in [0.3, 0.4) is 0 Å². The van der Waals surface area contributed by atoms with Crippen molar-refractivity contribution in [2.45, 2.75) is 24.8 Å². The number of nitriles is 1. The van der Waals surface area contributed by atoms with Crippen molar-refractivity contribution in [1.82, 2.24) is 4.90 Å². The summed E-state index contributed by atoms with van der Waals surface area (Å²) in [4.78, 5) is 27.5. The number of rotatable bonds is 4. The molecule has 0 saturated heterocycles. The number of hydrogen-bond acceptors (Lipinski definition) is 5. The molecule has 2 heterocycles. The minimum Gasteiger partial charge on any atom is -0.337 e. The normalized spacial score (nSPS) is 13.0. The maximum atomic E-state index is 12.3. The Morgan fingerprint density at radius 1 is 1.38 bits per heavy atom. The number of anilines is 1. The van der Waals surface area contributed by atoms with E-state index in [-0.39, 0.29) is 17.6 Å². The number of carbonyl (C=O) groups is 2. The number of nitrogens with one attached hydrogen (secondary N) is 1. The van der Waals surface area contributed by atoms with Crippen LogP contribution in [0.2, 0.25) is 5.02 Å². The molecule has 0 bridgehead atoms. The predicted molar refractivity (Wildman–Crippen MR) is 105 cm³/mol. The molecule has 1 aromatic heterocycles. The fourth-order valence-electron chi connectivity index (χ4n) is 2.72. The molecule has 0 spiro atoms. The molecule has 2 aromatic rings. The highest BCUT2D eigenvalue weighted by molar-refractivity contribution is 8.00. The second-order valence-corrected chi connectivity index (χ2v) is 8.39. The molecule has 1 aliphatic heterocycles. The highest BCUT2D eigenvalue weighted by Crippen LogP contribution is 2.36. The molecule has 0 saturated carbocycles. The molecular weight excluding hydrogens is 390 g/mol. The number of hydrogen-bond donors (Lipinski definition) is 1. The number of thioether (sulfide) groups is 1. The van der Waals surface area contributed by atoms with E-state index in [1.807, 2.05) is 12.1 Å². The zero-order chi connectivity index (χ0) is 18.7. The van der Waals surface area contributed by atoms with E-state index < -0.39 is 0 Å². The van der Waals surface area contributed by atoms with Crippen LogP contribution >= 0.6 is 34.7 Å². The van der Waals surface area contributed by atoms with E-state index in [1.54, 1.807) is 24.0 Å². The second kappa shape index (κ2) is 8.12. The zero-order valence-electron chi connectivity index (χ0n) is 14.0. The minimum atomic E-state index is -0.163. The Bertz CT molecular complexity index is 887. The Morgan fingerprint density at radius 2 is 2.12 bits per heavy atom. The van der Waals surface area contributed by atoms with E-state index in [9.17, 15) is 14.9 Å². The van der Waals surface area contributed by atoms with Gasteiger partial charge in [0.25, 0.3) is 0 Å². The number of amides is 2. The van der Waals surface area contributed by atoms with E-state index in [2.05, 4.69) is 11.4 Å². The van der Waals surface area contributed by atoms with Gasteiger partial charge in [0, 0.05) is 28.3 Å². The van der Waals surface area contributed by atoms with E-state index in [0.29, 0.717) is 35.1 Å². The van der Waals surface area contributed by atoms with Crippen LogP contribution in [-0.4, -0.2) is 29.0 Å². The number of fused-ring (bicyclic) bond motifs is 1. The van der Waals surface area contributed by atoms with Gasteiger partial charge in [0.1, 0.15) is 11.1 Å². The van der Waals surface area contributed by atoms with Crippen molar-refractivity contribution in [3.63, 3.8) is 0 Å². The lowest BCUT2D eigenvalue weighted by Crippen LogP contribution is -2.33. The van der Waals surface area contributed by atoms with Crippen molar-refractivity contribution in [3.8, 4) is 6.07 Å². The monoisotopic (exact) mass is 405 g/mol. The number of halogens is 1. The molecule has 134 valence electrons. The molecule has 1 aromatic carbocycles. The summed E-state index contributed by atoms with van der Waals surface area (Å²) in [6, 6.07) is 9.49. The first-order chi connectivity index (χ1) is 12.5. The zero-order valence-corrected chi connectivity index (χ0v) is 16.4. The van der Waals surface area contributed by atoms with Gasteiger partial charge < -0.3 is 10.2 Å². The van der Waals surface area contributed by atoms with Crippen LogP contribution in [0.4, 0.5) is 5.00 Å². The van der Waals surface area contributed by atoms with Gasteiger partial charge in [-0.25, -0.2) is 0 Å². The molecule has 1 N–H and O–H groups in total. The van der Waals surface area contributed by atoms with Crippen LogP contribution in [0.1, 0.15) is 22.9 Å². The number of thiophene rings is 1. The quantitative estimate of drug-likeness (QED) is 0.782. The van der Waals surface area contributed by atoms with Gasteiger partial charge in [-0.3, -0.25) is 9.59 Å². The number of nitrogens with zero attached hydrogens (tertiary/aromatic N) is 2. The molecule has 26 heavy (non-hydrogen) atoms. The lowest BCUT2D eigenvalue weighted by Gasteiger charge is -2.25. The molecular formula is C18H16ClN3O2S2. The summed E-state index contributed by atoms with van der Waals surface area (Å²) in [6.45, 7) is 2.65. The van der Waals surface area contributed by atoms with Gasteiger partial charge in [-0.2, -0.15) is 5.26 Å². The van der Waals surface area contributed by atoms with Gasteiger partial charge in [-0.1, -0.05) is 11.6 Å². The summed E-state index contributed by atoms with van der Waals surface area (Å²) in [5.41, 5.74) is 1.48. The minimum absolute atomic E-state index is 0.0208. The van der Waals surface area contributed by atoms with E-state index in [0.717, 1.165) is 15.3 Å². The molecule has 3 rings (SSSR count). The Hall–Kier alpha value is -2.01. The smallest absolute Gasteiger partial charge is 0.235 e. The molecule has 0 atom stereocenters. The summed E-state index contributed by atoms with van der Waals surface area (Å²) in [5.74, 6) is 0.102. The van der Waals surface area contributed by atoms with Crippen molar-refractivity contribution in [1.29, 1.82) is 5.26 Å². The molecule has 0 aliphatic carbocycles. The van der Waals surface area contributed by atoms with Crippen molar-refractivity contribution in [3.05, 3.63) is 45.3 Å². The molecule has 0 radical (unpaired) electrons. The predicted octanol–water partition coefficient (Wildman–Crippen LogP) is 3.91. The highest BCUT2D eigenvalue weighted by Gasteiger charge is 2.26. The summed E-state index contributed by atoms with van der Waals surface area (Å²) in [5, 5.41) is 13.6. The van der Waals surface area contributed by atoms with Crippen LogP contribution in [-0.2, 0) is 22.6 Å². The van der Waals surface area contributed by atoms with Gasteiger partial charge in [-0.05, 0) is 36.2 Å². The Balaban J connectivity index is 1.68. The van der Waals surface area contributed by atoms with Crippen molar-refractivity contribution in [2.24, 2.45) is 0 Å². The third-order valence-corrected chi connectivity index (χ3v) is 6.45. The topological polar surface area (TPSA) is 73.2 Å². The van der Waals surface area contributed by atoms with E-state index in [4.69, 9.17) is 11.6 Å². The maximum absolute atomic E-state index is 12.3. The Labute approximate surface area is 164 Å². The van der Waals surface area contributed by atoms with Gasteiger partial charge in [0.05, 0.1) is 17.9 Å². The first kappa shape index (κ1) is 18.8. The Morgan fingerprint density at radius 3 is 2.77 bits per heavy atom. The highest BCUT2D eigenvalue weighted by atomic mass is 35.5. The van der Waals surface area contributed by atoms with E-state index >= 15 is 0 Å². The molecule has 0 fully saturated rings. The summed E-state index contributed by atoms with van der Waals surface area (Å²) in [7, 11) is 0. The summed E-state index contributed by atoms with van der Waals surface area (Å²) >= 11 is 8.64. The largest absolute Gasteiger partial charge is 0.337 e. The molecule has 1 aliphatic rings. The van der Waals surface area contributed by atoms with Gasteiger partial charge in [-0.15, -0.1) is 23.1 Å². The average molecular weight is 406 g/mol.